The average Bonchev–Trinajstić information content (AvgIpc) is 2.24. The molecule has 0 spiro atoms. The largest absolute Gasteiger partial charge is 0.335 e. The van der Waals surface area contributed by atoms with Gasteiger partial charge in [-0.15, -0.1) is 0 Å². The summed E-state index contributed by atoms with van der Waals surface area (Å²) in [5.74, 6) is -0.00977. The van der Waals surface area contributed by atoms with E-state index in [1.165, 1.54) is 0 Å². The molecule has 0 aromatic heterocycles. The number of carbonyl (C=O) groups is 1. The molecule has 0 atom stereocenters. The van der Waals surface area contributed by atoms with Gasteiger partial charge in [-0.1, -0.05) is 33.6 Å². The molecule has 4 heteroatoms. The molecule has 2 nitrogen and oxygen atoms in total. The van der Waals surface area contributed by atoms with Gasteiger partial charge in [0, 0.05) is 17.9 Å². The highest BCUT2D eigenvalue weighted by molar-refractivity contribution is 9.09. The van der Waals surface area contributed by atoms with E-state index in [9.17, 15) is 4.79 Å². The molecule has 0 unspecified atom stereocenters. The molecule has 0 aliphatic heterocycles. The lowest BCUT2D eigenvalue weighted by atomic mass is 10.1. The van der Waals surface area contributed by atoms with Gasteiger partial charge in [-0.05, 0) is 38.5 Å². The van der Waals surface area contributed by atoms with Crippen molar-refractivity contribution in [2.24, 2.45) is 0 Å². The van der Waals surface area contributed by atoms with Crippen LogP contribution in [0.2, 0.25) is 5.02 Å². The van der Waals surface area contributed by atoms with Gasteiger partial charge in [0.25, 0.3) is 5.91 Å². The Labute approximate surface area is 116 Å². The minimum atomic E-state index is -0.00977. The molecule has 1 aromatic carbocycles. The number of carbonyl (C=O) groups excluding carboxylic acids is 1. The highest BCUT2D eigenvalue weighted by atomic mass is 79.9. The van der Waals surface area contributed by atoms with Crippen LogP contribution in [-0.4, -0.2) is 28.7 Å². The van der Waals surface area contributed by atoms with E-state index in [1.807, 2.05) is 37.8 Å². The lowest BCUT2D eigenvalue weighted by Crippen LogP contribution is -2.38. The zero-order valence-electron chi connectivity index (χ0n) is 10.3. The molecular weight excluding hydrogens is 302 g/mol. The maximum Gasteiger partial charge on any atom is 0.255 e. The van der Waals surface area contributed by atoms with E-state index in [1.54, 1.807) is 6.07 Å². The van der Waals surface area contributed by atoms with Crippen molar-refractivity contribution in [3.8, 4) is 0 Å². The third kappa shape index (κ3) is 3.71. The van der Waals surface area contributed by atoms with Gasteiger partial charge < -0.3 is 4.90 Å². The Morgan fingerprint density at radius 1 is 1.47 bits per heavy atom. The molecule has 0 fully saturated rings. The highest BCUT2D eigenvalue weighted by Crippen LogP contribution is 2.20. The van der Waals surface area contributed by atoms with Gasteiger partial charge >= 0.3 is 0 Å². The summed E-state index contributed by atoms with van der Waals surface area (Å²) in [7, 11) is 0. The van der Waals surface area contributed by atoms with Gasteiger partial charge in [0.05, 0.1) is 10.6 Å². The second-order valence-corrected chi connectivity index (χ2v) is 5.46. The van der Waals surface area contributed by atoms with Gasteiger partial charge in [-0.3, -0.25) is 4.79 Å². The number of halogens is 2. The molecule has 0 heterocycles. The number of hydrogen-bond donors (Lipinski definition) is 0. The van der Waals surface area contributed by atoms with Crippen LogP contribution in [0.25, 0.3) is 0 Å². The zero-order valence-corrected chi connectivity index (χ0v) is 12.7. The molecule has 0 aliphatic rings. The first-order chi connectivity index (χ1) is 7.97. The minimum Gasteiger partial charge on any atom is -0.335 e. The lowest BCUT2D eigenvalue weighted by Gasteiger charge is -2.26. The molecule has 0 radical (unpaired) electrons. The molecule has 0 aliphatic carbocycles. The topological polar surface area (TPSA) is 20.3 Å². The maximum atomic E-state index is 12.3. The predicted octanol–water partition coefficient (Wildman–Crippen LogP) is 3.89. The first-order valence-corrected chi connectivity index (χ1v) is 7.10. The number of amides is 1. The summed E-state index contributed by atoms with van der Waals surface area (Å²) in [4.78, 5) is 14.1. The van der Waals surface area contributed by atoms with Crippen LogP contribution < -0.4 is 0 Å². The van der Waals surface area contributed by atoms with E-state index in [4.69, 9.17) is 11.6 Å². The Morgan fingerprint density at radius 2 is 2.12 bits per heavy atom. The number of benzene rings is 1. The van der Waals surface area contributed by atoms with Crippen LogP contribution in [0.4, 0.5) is 0 Å². The minimum absolute atomic E-state index is 0.00977. The van der Waals surface area contributed by atoms with E-state index < -0.39 is 0 Å². The van der Waals surface area contributed by atoms with Crippen molar-refractivity contribution in [3.63, 3.8) is 0 Å². The smallest absolute Gasteiger partial charge is 0.255 e. The molecule has 0 bridgehead atoms. The molecule has 0 N–H and O–H groups in total. The standard InChI is InChI=1S/C13H17BrClNO/c1-9(2)16(7-6-14)13(17)11-5-4-10(3)8-12(11)15/h4-5,8-9H,6-7H2,1-3H3. The third-order valence-corrected chi connectivity index (χ3v) is 3.23. The van der Waals surface area contributed by atoms with Crippen molar-refractivity contribution in [1.29, 1.82) is 0 Å². The number of nitrogens with zero attached hydrogens (tertiary/aromatic N) is 1. The van der Waals surface area contributed by atoms with Crippen LogP contribution in [0, 0.1) is 6.92 Å². The molecule has 0 saturated carbocycles. The first kappa shape index (κ1) is 14.5. The van der Waals surface area contributed by atoms with E-state index in [-0.39, 0.29) is 11.9 Å². The van der Waals surface area contributed by atoms with Crippen LogP contribution in [0.15, 0.2) is 18.2 Å². The molecule has 1 rings (SSSR count). The van der Waals surface area contributed by atoms with E-state index >= 15 is 0 Å². The predicted molar refractivity (Wildman–Crippen MR) is 76.2 cm³/mol. The van der Waals surface area contributed by atoms with Gasteiger partial charge in [-0.25, -0.2) is 0 Å². The number of hydrogen-bond acceptors (Lipinski definition) is 1. The van der Waals surface area contributed by atoms with Crippen molar-refractivity contribution < 1.29 is 4.79 Å². The van der Waals surface area contributed by atoms with E-state index in [0.29, 0.717) is 17.1 Å². The molecule has 0 saturated heterocycles. The maximum absolute atomic E-state index is 12.3. The fourth-order valence-corrected chi connectivity index (χ4v) is 2.33. The average molecular weight is 319 g/mol. The Kier molecular flexibility index (Phi) is 5.47. The molecule has 94 valence electrons. The monoisotopic (exact) mass is 317 g/mol. The summed E-state index contributed by atoms with van der Waals surface area (Å²) in [6.45, 7) is 6.64. The number of rotatable bonds is 4. The van der Waals surface area contributed by atoms with Gasteiger partial charge in [-0.2, -0.15) is 0 Å². The quantitative estimate of drug-likeness (QED) is 0.771. The number of alkyl halides is 1. The molecule has 1 aromatic rings. The van der Waals surface area contributed by atoms with E-state index in [0.717, 1.165) is 10.9 Å². The van der Waals surface area contributed by atoms with Crippen molar-refractivity contribution in [2.45, 2.75) is 26.8 Å². The van der Waals surface area contributed by atoms with Crippen LogP contribution in [0.3, 0.4) is 0 Å². The molecular formula is C13H17BrClNO. The summed E-state index contributed by atoms with van der Waals surface area (Å²) in [6, 6.07) is 5.69. The van der Waals surface area contributed by atoms with Crippen LogP contribution in [0.5, 0.6) is 0 Å². The van der Waals surface area contributed by atoms with Crippen molar-refractivity contribution in [2.75, 3.05) is 11.9 Å². The van der Waals surface area contributed by atoms with Crippen molar-refractivity contribution in [1.82, 2.24) is 4.90 Å². The Morgan fingerprint density at radius 3 is 2.59 bits per heavy atom. The summed E-state index contributed by atoms with van der Waals surface area (Å²) in [5, 5.41) is 1.29. The second kappa shape index (κ2) is 6.41. The fraction of sp³-hybridized carbons (Fsp3) is 0.462. The SMILES string of the molecule is Cc1ccc(C(=O)N(CCBr)C(C)C)c(Cl)c1. The fourth-order valence-electron chi connectivity index (χ4n) is 1.63. The Hall–Kier alpha value is -0.540. The third-order valence-electron chi connectivity index (χ3n) is 2.56. The normalized spacial score (nSPS) is 10.7. The van der Waals surface area contributed by atoms with Crippen molar-refractivity contribution >= 4 is 33.4 Å². The Bertz CT molecular complexity index is 406. The van der Waals surface area contributed by atoms with Crippen LogP contribution >= 0.6 is 27.5 Å². The summed E-state index contributed by atoms with van der Waals surface area (Å²) in [6.07, 6.45) is 0. The molecule has 1 amide bonds. The summed E-state index contributed by atoms with van der Waals surface area (Å²) < 4.78 is 0. The van der Waals surface area contributed by atoms with Crippen molar-refractivity contribution in [3.05, 3.63) is 34.3 Å². The summed E-state index contributed by atoms with van der Waals surface area (Å²) in [5.41, 5.74) is 1.63. The van der Waals surface area contributed by atoms with Gasteiger partial charge in [0.15, 0.2) is 0 Å². The number of aryl methyl sites for hydroxylation is 1. The summed E-state index contributed by atoms with van der Waals surface area (Å²) >= 11 is 9.48. The van der Waals surface area contributed by atoms with Gasteiger partial charge in [0.1, 0.15) is 0 Å². The lowest BCUT2D eigenvalue weighted by molar-refractivity contribution is 0.0719. The molecule has 17 heavy (non-hydrogen) atoms. The van der Waals surface area contributed by atoms with E-state index in [2.05, 4.69) is 15.9 Å². The zero-order chi connectivity index (χ0) is 13.0. The highest BCUT2D eigenvalue weighted by Gasteiger charge is 2.20. The van der Waals surface area contributed by atoms with Crippen LogP contribution in [-0.2, 0) is 0 Å². The van der Waals surface area contributed by atoms with Crippen LogP contribution in [0.1, 0.15) is 29.8 Å². The second-order valence-electron chi connectivity index (χ2n) is 4.26. The first-order valence-electron chi connectivity index (χ1n) is 5.60. The Balaban J connectivity index is 3.01. The van der Waals surface area contributed by atoms with Gasteiger partial charge in [0.2, 0.25) is 0 Å².